The van der Waals surface area contributed by atoms with Gasteiger partial charge in [0, 0.05) is 42.6 Å². The van der Waals surface area contributed by atoms with Crippen LogP contribution in [0, 0.1) is 5.82 Å². The second kappa shape index (κ2) is 8.88. The van der Waals surface area contributed by atoms with Crippen molar-refractivity contribution in [2.75, 3.05) is 26.2 Å². The number of aromatic amines is 1. The number of nitrogens with two attached hydrogens (primary N) is 1. The smallest absolute Gasteiger partial charge is 0.258 e. The fraction of sp³-hybridized carbons (Fsp3) is 0.182. The van der Waals surface area contributed by atoms with Crippen molar-refractivity contribution >= 4 is 34.4 Å². The van der Waals surface area contributed by atoms with Crippen LogP contribution in [0.25, 0.3) is 10.9 Å². The predicted octanol–water partition coefficient (Wildman–Crippen LogP) is 1.78. The van der Waals surface area contributed by atoms with Gasteiger partial charge in [0.1, 0.15) is 11.5 Å². The van der Waals surface area contributed by atoms with Crippen molar-refractivity contribution in [1.29, 1.82) is 0 Å². The molecule has 1 fully saturated rings. The van der Waals surface area contributed by atoms with Gasteiger partial charge in [0.25, 0.3) is 11.5 Å². The summed E-state index contributed by atoms with van der Waals surface area (Å²) >= 11 is 0. The third-order valence-electron chi connectivity index (χ3n) is 5.08. The van der Waals surface area contributed by atoms with Gasteiger partial charge in [0.2, 0.25) is 0 Å². The molecule has 1 aliphatic rings. The van der Waals surface area contributed by atoms with Gasteiger partial charge in [-0.2, -0.15) is 5.10 Å². The lowest BCUT2D eigenvalue weighted by molar-refractivity contribution is 0.0736. The zero-order chi connectivity index (χ0) is 21.8. The lowest BCUT2D eigenvalue weighted by Gasteiger charge is -2.27. The second-order valence-electron chi connectivity index (χ2n) is 7.11. The SMILES string of the molecule is NN=C(C=Nc1ccc(C(=O)N2CCNCC2)cc1)c1cc2cc(F)ccc2[nH]c1=O. The van der Waals surface area contributed by atoms with E-state index in [1.807, 2.05) is 4.90 Å². The Morgan fingerprint density at radius 3 is 2.55 bits per heavy atom. The number of aliphatic imine (C=N–C) groups is 1. The maximum absolute atomic E-state index is 13.5. The van der Waals surface area contributed by atoms with E-state index in [0.717, 1.165) is 13.1 Å². The van der Waals surface area contributed by atoms with Gasteiger partial charge in [-0.3, -0.25) is 14.6 Å². The van der Waals surface area contributed by atoms with Gasteiger partial charge >= 0.3 is 0 Å². The third kappa shape index (κ3) is 4.51. The maximum Gasteiger partial charge on any atom is 0.258 e. The number of benzene rings is 2. The minimum atomic E-state index is -0.416. The Hall–Kier alpha value is -3.85. The van der Waals surface area contributed by atoms with Crippen molar-refractivity contribution in [2.45, 2.75) is 0 Å². The van der Waals surface area contributed by atoms with E-state index in [2.05, 4.69) is 20.4 Å². The van der Waals surface area contributed by atoms with Crippen molar-refractivity contribution in [3.05, 3.63) is 75.8 Å². The molecule has 0 saturated carbocycles. The Morgan fingerprint density at radius 2 is 1.84 bits per heavy atom. The van der Waals surface area contributed by atoms with Gasteiger partial charge in [0.15, 0.2) is 0 Å². The largest absolute Gasteiger partial charge is 0.336 e. The summed E-state index contributed by atoms with van der Waals surface area (Å²) in [5.74, 6) is 5.04. The number of nitrogens with zero attached hydrogens (tertiary/aromatic N) is 3. The summed E-state index contributed by atoms with van der Waals surface area (Å²) in [5.41, 5.74) is 1.58. The van der Waals surface area contributed by atoms with E-state index in [-0.39, 0.29) is 17.2 Å². The summed E-state index contributed by atoms with van der Waals surface area (Å²) in [7, 11) is 0. The first-order valence-corrected chi connectivity index (χ1v) is 9.80. The molecule has 3 aromatic rings. The highest BCUT2D eigenvalue weighted by Gasteiger charge is 2.17. The van der Waals surface area contributed by atoms with Crippen LogP contribution in [0.1, 0.15) is 15.9 Å². The predicted molar refractivity (Wildman–Crippen MR) is 119 cm³/mol. The van der Waals surface area contributed by atoms with E-state index in [9.17, 15) is 14.0 Å². The number of hydrogen-bond acceptors (Lipinski definition) is 6. The Kier molecular flexibility index (Phi) is 5.85. The Bertz CT molecular complexity index is 1230. The molecule has 158 valence electrons. The molecule has 0 bridgehead atoms. The molecule has 31 heavy (non-hydrogen) atoms. The highest BCUT2D eigenvalue weighted by molar-refractivity contribution is 6.38. The summed E-state index contributed by atoms with van der Waals surface area (Å²) in [6, 6.07) is 12.4. The number of hydrogen-bond donors (Lipinski definition) is 3. The zero-order valence-corrected chi connectivity index (χ0v) is 16.6. The van der Waals surface area contributed by atoms with E-state index in [1.165, 1.54) is 30.5 Å². The first-order valence-electron chi connectivity index (χ1n) is 9.80. The lowest BCUT2D eigenvalue weighted by atomic mass is 10.1. The normalized spacial score (nSPS) is 15.0. The Balaban J connectivity index is 1.54. The fourth-order valence-electron chi connectivity index (χ4n) is 3.42. The van der Waals surface area contributed by atoms with Crippen LogP contribution in [0.3, 0.4) is 0 Å². The molecule has 1 amide bonds. The second-order valence-corrected chi connectivity index (χ2v) is 7.11. The molecule has 1 aliphatic heterocycles. The standard InChI is InChI=1S/C22H21FN6O2/c23-16-3-6-19-15(11-16)12-18(21(30)27-19)20(28-24)13-26-17-4-1-14(2-5-17)22(31)29-9-7-25-8-10-29/h1-6,11-13,25H,7-10,24H2,(H,27,30). The highest BCUT2D eigenvalue weighted by atomic mass is 19.1. The minimum absolute atomic E-state index is 0.0174. The Labute approximate surface area is 177 Å². The molecule has 8 nitrogen and oxygen atoms in total. The number of aromatic nitrogens is 1. The maximum atomic E-state index is 13.5. The van der Waals surface area contributed by atoms with Crippen molar-refractivity contribution < 1.29 is 9.18 Å². The van der Waals surface area contributed by atoms with Crippen molar-refractivity contribution in [3.8, 4) is 0 Å². The number of halogens is 1. The zero-order valence-electron chi connectivity index (χ0n) is 16.6. The van der Waals surface area contributed by atoms with E-state index >= 15 is 0 Å². The average molecular weight is 420 g/mol. The summed E-state index contributed by atoms with van der Waals surface area (Å²) in [6.07, 6.45) is 1.36. The van der Waals surface area contributed by atoms with Crippen LogP contribution in [-0.4, -0.2) is 53.9 Å². The summed E-state index contributed by atoms with van der Waals surface area (Å²) < 4.78 is 13.5. The number of rotatable bonds is 4. The molecule has 0 unspecified atom stereocenters. The number of amides is 1. The van der Waals surface area contributed by atoms with E-state index in [0.29, 0.717) is 35.2 Å². The molecular weight excluding hydrogens is 399 g/mol. The Morgan fingerprint density at radius 1 is 1.10 bits per heavy atom. The van der Waals surface area contributed by atoms with Crippen LogP contribution in [-0.2, 0) is 0 Å². The molecule has 1 aromatic heterocycles. The number of carbonyl (C=O) groups is 1. The van der Waals surface area contributed by atoms with Gasteiger partial charge in [-0.1, -0.05) is 0 Å². The van der Waals surface area contributed by atoms with Crippen LogP contribution >= 0.6 is 0 Å². The molecule has 1 saturated heterocycles. The average Bonchev–Trinajstić information content (AvgIpc) is 2.80. The number of fused-ring (bicyclic) bond motifs is 1. The van der Waals surface area contributed by atoms with Gasteiger partial charge < -0.3 is 21.0 Å². The summed E-state index contributed by atoms with van der Waals surface area (Å²) in [4.78, 5) is 33.7. The van der Waals surface area contributed by atoms with Crippen molar-refractivity contribution in [1.82, 2.24) is 15.2 Å². The summed E-state index contributed by atoms with van der Waals surface area (Å²) in [5, 5.41) is 7.39. The van der Waals surface area contributed by atoms with Gasteiger partial charge in [0.05, 0.1) is 17.5 Å². The van der Waals surface area contributed by atoms with Crippen LogP contribution in [0.15, 0.2) is 63.4 Å². The number of hydrazone groups is 1. The van der Waals surface area contributed by atoms with E-state index < -0.39 is 11.4 Å². The van der Waals surface area contributed by atoms with Crippen LogP contribution in [0.5, 0.6) is 0 Å². The molecule has 0 spiro atoms. The number of carbonyl (C=O) groups excluding carboxylic acids is 1. The quantitative estimate of drug-likeness (QED) is 0.339. The number of H-pyrrole nitrogens is 1. The molecule has 4 N–H and O–H groups in total. The van der Waals surface area contributed by atoms with Gasteiger partial charge in [-0.15, -0.1) is 0 Å². The molecular formula is C22H21FN6O2. The van der Waals surface area contributed by atoms with Crippen LogP contribution in [0.4, 0.5) is 10.1 Å². The highest BCUT2D eigenvalue weighted by Crippen LogP contribution is 2.16. The first kappa shape index (κ1) is 20.4. The van der Waals surface area contributed by atoms with Gasteiger partial charge in [-0.05, 0) is 48.5 Å². The number of nitrogens with one attached hydrogen (secondary N) is 2. The van der Waals surface area contributed by atoms with E-state index in [4.69, 9.17) is 5.84 Å². The molecule has 4 rings (SSSR count). The molecule has 9 heteroatoms. The fourth-order valence-corrected chi connectivity index (χ4v) is 3.42. The lowest BCUT2D eigenvalue weighted by Crippen LogP contribution is -2.46. The minimum Gasteiger partial charge on any atom is -0.336 e. The van der Waals surface area contributed by atoms with Gasteiger partial charge in [-0.25, -0.2) is 4.39 Å². The van der Waals surface area contributed by atoms with Crippen LogP contribution in [0.2, 0.25) is 0 Å². The molecule has 0 radical (unpaired) electrons. The summed E-state index contributed by atoms with van der Waals surface area (Å²) in [6.45, 7) is 2.93. The molecule has 0 aliphatic carbocycles. The number of pyridine rings is 1. The van der Waals surface area contributed by atoms with Crippen molar-refractivity contribution in [2.24, 2.45) is 15.9 Å². The van der Waals surface area contributed by atoms with Crippen molar-refractivity contribution in [3.63, 3.8) is 0 Å². The molecule has 0 atom stereocenters. The molecule has 2 aromatic carbocycles. The number of piperazine rings is 1. The topological polar surface area (TPSA) is 116 Å². The first-order chi connectivity index (χ1) is 15.0. The van der Waals surface area contributed by atoms with E-state index in [1.54, 1.807) is 24.3 Å². The monoisotopic (exact) mass is 420 g/mol. The van der Waals surface area contributed by atoms with Crippen LogP contribution < -0.4 is 16.7 Å². The third-order valence-corrected chi connectivity index (χ3v) is 5.08. The molecule has 2 heterocycles.